The molecule has 4 rings (SSSR count). The van der Waals surface area contributed by atoms with Gasteiger partial charge in [-0.2, -0.15) is 5.10 Å². The number of carbonyl (C=O) groups is 2. The Bertz CT molecular complexity index is 1140. The number of halogens is 2. The SMILES string of the molecule is CC1=C(C(=O)Nc2ccc3[nH]ncc3c2)C(c2ccc(F)cc2F)CC(=O)N1. The number of nitrogens with zero attached hydrogens (tertiary/aromatic N) is 1. The van der Waals surface area contributed by atoms with E-state index in [9.17, 15) is 18.4 Å². The van der Waals surface area contributed by atoms with Gasteiger partial charge in [-0.25, -0.2) is 8.78 Å². The van der Waals surface area contributed by atoms with Crippen molar-refractivity contribution >= 4 is 28.4 Å². The lowest BCUT2D eigenvalue weighted by molar-refractivity contribution is -0.121. The molecule has 2 amide bonds. The van der Waals surface area contributed by atoms with E-state index in [2.05, 4.69) is 20.8 Å². The van der Waals surface area contributed by atoms with Gasteiger partial charge >= 0.3 is 0 Å². The largest absolute Gasteiger partial charge is 0.330 e. The van der Waals surface area contributed by atoms with Crippen LogP contribution in [0.4, 0.5) is 14.5 Å². The zero-order valence-electron chi connectivity index (χ0n) is 14.8. The molecule has 0 aliphatic carbocycles. The molecule has 0 saturated heterocycles. The molecule has 2 aromatic carbocycles. The van der Waals surface area contributed by atoms with Gasteiger partial charge < -0.3 is 10.6 Å². The van der Waals surface area contributed by atoms with Crippen LogP contribution >= 0.6 is 0 Å². The monoisotopic (exact) mass is 382 g/mol. The topological polar surface area (TPSA) is 86.9 Å². The van der Waals surface area contributed by atoms with Gasteiger partial charge in [0.2, 0.25) is 5.91 Å². The summed E-state index contributed by atoms with van der Waals surface area (Å²) in [4.78, 5) is 25.0. The van der Waals surface area contributed by atoms with Crippen LogP contribution in [0.15, 0.2) is 53.9 Å². The van der Waals surface area contributed by atoms with Crippen molar-refractivity contribution in [3.8, 4) is 0 Å². The van der Waals surface area contributed by atoms with Crippen LogP contribution in [0.3, 0.4) is 0 Å². The van der Waals surface area contributed by atoms with Gasteiger partial charge in [0.1, 0.15) is 11.6 Å². The van der Waals surface area contributed by atoms with Crippen molar-refractivity contribution in [2.45, 2.75) is 19.3 Å². The predicted molar refractivity (Wildman–Crippen MR) is 99.3 cm³/mol. The zero-order chi connectivity index (χ0) is 19.8. The lowest BCUT2D eigenvalue weighted by Gasteiger charge is -2.27. The summed E-state index contributed by atoms with van der Waals surface area (Å²) >= 11 is 0. The van der Waals surface area contributed by atoms with E-state index in [-0.39, 0.29) is 23.5 Å². The van der Waals surface area contributed by atoms with E-state index in [0.29, 0.717) is 11.4 Å². The number of H-pyrrole nitrogens is 1. The molecule has 1 unspecified atom stereocenters. The Kier molecular flexibility index (Phi) is 4.38. The summed E-state index contributed by atoms with van der Waals surface area (Å²) in [5.74, 6) is -3.12. The summed E-state index contributed by atoms with van der Waals surface area (Å²) in [6.45, 7) is 1.58. The molecule has 0 radical (unpaired) electrons. The fraction of sp³-hybridized carbons (Fsp3) is 0.150. The lowest BCUT2D eigenvalue weighted by atomic mass is 9.83. The second-order valence-electron chi connectivity index (χ2n) is 6.64. The molecule has 1 aliphatic heterocycles. The summed E-state index contributed by atoms with van der Waals surface area (Å²) in [6, 6.07) is 8.37. The van der Waals surface area contributed by atoms with E-state index in [1.807, 2.05) is 0 Å². The minimum absolute atomic E-state index is 0.103. The molecule has 0 spiro atoms. The molecule has 0 fully saturated rings. The van der Waals surface area contributed by atoms with Crippen LogP contribution in [-0.4, -0.2) is 22.0 Å². The first-order chi connectivity index (χ1) is 13.4. The number of aromatic nitrogens is 2. The van der Waals surface area contributed by atoms with Gasteiger partial charge in [0.15, 0.2) is 0 Å². The van der Waals surface area contributed by atoms with Gasteiger partial charge in [0.05, 0.1) is 11.7 Å². The number of anilines is 1. The molecule has 3 aromatic rings. The summed E-state index contributed by atoms with van der Waals surface area (Å²) in [5.41, 5.74) is 2.04. The highest BCUT2D eigenvalue weighted by atomic mass is 19.1. The molecule has 0 saturated carbocycles. The molecule has 6 nitrogen and oxygen atoms in total. The van der Waals surface area contributed by atoms with Gasteiger partial charge in [-0.05, 0) is 36.8 Å². The van der Waals surface area contributed by atoms with Crippen LogP contribution in [0.2, 0.25) is 0 Å². The van der Waals surface area contributed by atoms with E-state index in [4.69, 9.17) is 0 Å². The number of nitrogens with one attached hydrogen (secondary N) is 3. The van der Waals surface area contributed by atoms with Crippen molar-refractivity contribution in [1.82, 2.24) is 15.5 Å². The number of hydrogen-bond acceptors (Lipinski definition) is 3. The minimum Gasteiger partial charge on any atom is -0.330 e. The third kappa shape index (κ3) is 3.24. The third-order valence-electron chi connectivity index (χ3n) is 4.75. The number of amides is 2. The summed E-state index contributed by atoms with van der Waals surface area (Å²) < 4.78 is 27.6. The Balaban J connectivity index is 1.69. The first-order valence-electron chi connectivity index (χ1n) is 8.62. The van der Waals surface area contributed by atoms with Crippen molar-refractivity contribution in [2.24, 2.45) is 0 Å². The number of benzene rings is 2. The number of rotatable bonds is 3. The highest BCUT2D eigenvalue weighted by Gasteiger charge is 2.33. The number of fused-ring (bicyclic) bond motifs is 1. The standard InChI is InChI=1S/C20H16F2N4O2/c1-10-19(20(28)25-13-3-5-17-11(6-13)9-23-26-17)15(8-18(27)24-10)14-4-2-12(21)7-16(14)22/h2-7,9,15H,8H2,1H3,(H,23,26)(H,24,27)(H,25,28). The number of hydrogen-bond donors (Lipinski definition) is 3. The molecule has 0 bridgehead atoms. The average Bonchev–Trinajstić information content (AvgIpc) is 3.08. The highest BCUT2D eigenvalue weighted by Crippen LogP contribution is 2.35. The summed E-state index contributed by atoms with van der Waals surface area (Å²) in [7, 11) is 0. The molecular formula is C20H16F2N4O2. The van der Waals surface area contributed by atoms with Gasteiger partial charge in [-0.3, -0.25) is 14.7 Å². The third-order valence-corrected chi connectivity index (χ3v) is 4.75. The second-order valence-corrected chi connectivity index (χ2v) is 6.64. The summed E-state index contributed by atoms with van der Waals surface area (Å²) in [5, 5.41) is 13.0. The fourth-order valence-electron chi connectivity index (χ4n) is 3.47. The molecule has 1 atom stereocenters. The first-order valence-corrected chi connectivity index (χ1v) is 8.62. The van der Waals surface area contributed by atoms with Crippen molar-refractivity contribution in [2.75, 3.05) is 5.32 Å². The van der Waals surface area contributed by atoms with Crippen molar-refractivity contribution in [3.05, 3.63) is 71.1 Å². The van der Waals surface area contributed by atoms with Crippen LogP contribution in [0.5, 0.6) is 0 Å². The number of allylic oxidation sites excluding steroid dienone is 1. The number of aromatic amines is 1. The quantitative estimate of drug-likeness (QED) is 0.649. The zero-order valence-corrected chi connectivity index (χ0v) is 14.8. The Morgan fingerprint density at radius 3 is 2.82 bits per heavy atom. The molecule has 1 aromatic heterocycles. The molecule has 28 heavy (non-hydrogen) atoms. The maximum Gasteiger partial charge on any atom is 0.253 e. The van der Waals surface area contributed by atoms with E-state index in [1.54, 1.807) is 31.3 Å². The van der Waals surface area contributed by atoms with Crippen molar-refractivity contribution < 1.29 is 18.4 Å². The molecule has 2 heterocycles. The summed E-state index contributed by atoms with van der Waals surface area (Å²) in [6.07, 6.45) is 1.52. The van der Waals surface area contributed by atoms with Crippen LogP contribution in [0.1, 0.15) is 24.8 Å². The van der Waals surface area contributed by atoms with Crippen LogP contribution in [-0.2, 0) is 9.59 Å². The molecule has 142 valence electrons. The van der Waals surface area contributed by atoms with E-state index in [0.717, 1.165) is 23.0 Å². The van der Waals surface area contributed by atoms with Gasteiger partial charge in [0.25, 0.3) is 5.91 Å². The molecule has 8 heteroatoms. The Morgan fingerprint density at radius 2 is 2.04 bits per heavy atom. The normalized spacial score (nSPS) is 17.0. The van der Waals surface area contributed by atoms with Gasteiger partial charge in [-0.15, -0.1) is 0 Å². The Labute approximate surface area is 158 Å². The van der Waals surface area contributed by atoms with Crippen molar-refractivity contribution in [1.29, 1.82) is 0 Å². The van der Waals surface area contributed by atoms with Crippen LogP contribution < -0.4 is 10.6 Å². The highest BCUT2D eigenvalue weighted by molar-refractivity contribution is 6.07. The lowest BCUT2D eigenvalue weighted by Crippen LogP contribution is -2.35. The Morgan fingerprint density at radius 1 is 1.21 bits per heavy atom. The van der Waals surface area contributed by atoms with E-state index in [1.165, 1.54) is 6.07 Å². The first kappa shape index (κ1) is 17.8. The minimum atomic E-state index is -0.813. The fourth-order valence-corrected chi connectivity index (χ4v) is 3.47. The van der Waals surface area contributed by atoms with Crippen molar-refractivity contribution in [3.63, 3.8) is 0 Å². The van der Waals surface area contributed by atoms with E-state index >= 15 is 0 Å². The maximum absolute atomic E-state index is 14.4. The number of carbonyl (C=O) groups excluding carboxylic acids is 2. The smallest absolute Gasteiger partial charge is 0.253 e. The van der Waals surface area contributed by atoms with Crippen LogP contribution in [0, 0.1) is 11.6 Å². The van der Waals surface area contributed by atoms with Gasteiger partial charge in [0, 0.05) is 40.7 Å². The average molecular weight is 382 g/mol. The Hall–Kier alpha value is -3.55. The van der Waals surface area contributed by atoms with Gasteiger partial charge in [-0.1, -0.05) is 6.07 Å². The second kappa shape index (κ2) is 6.88. The van der Waals surface area contributed by atoms with E-state index < -0.39 is 23.5 Å². The van der Waals surface area contributed by atoms with Crippen LogP contribution in [0.25, 0.3) is 10.9 Å². The maximum atomic E-state index is 14.4. The molecular weight excluding hydrogens is 366 g/mol. The predicted octanol–water partition coefficient (Wildman–Crippen LogP) is 3.36. The molecule has 1 aliphatic rings. The molecule has 3 N–H and O–H groups in total.